The second-order valence-corrected chi connectivity index (χ2v) is 4.55. The number of carboxylic acid groups (broad SMARTS) is 1. The number of aromatic nitrogens is 2. The highest BCUT2D eigenvalue weighted by Gasteiger charge is 2.21. The van der Waals surface area contributed by atoms with E-state index in [1.54, 1.807) is 13.1 Å². The highest BCUT2D eigenvalue weighted by molar-refractivity contribution is 5.78. The van der Waals surface area contributed by atoms with Crippen LogP contribution in [0, 0.1) is 0 Å². The summed E-state index contributed by atoms with van der Waals surface area (Å²) in [6.07, 6.45) is -2.00. The average molecular weight is 278 g/mol. The molecule has 0 aliphatic carbocycles. The molecule has 3 N–H and O–H groups in total. The molecule has 0 saturated carbocycles. The Morgan fingerprint density at radius 2 is 2.10 bits per heavy atom. The zero-order valence-electron chi connectivity index (χ0n) is 10.7. The maximum absolute atomic E-state index is 11.9. The molecule has 106 valence electrons. The topological polar surface area (TPSA) is 113 Å². The standard InChI is InChI=1S/C13H14N2O5/c1-15-6-14-9-3-2-7(4-8(9)13(15)20)12(19)10(16)5-11(17)18/h2-4,6,10,12,16,19H,5H2,1H3,(H,17,18). The van der Waals surface area contributed by atoms with E-state index in [1.807, 2.05) is 0 Å². The molecule has 0 aliphatic rings. The number of hydrogen-bond acceptors (Lipinski definition) is 5. The fourth-order valence-electron chi connectivity index (χ4n) is 1.93. The predicted octanol–water partition coefficient (Wildman–Crippen LogP) is -0.198. The van der Waals surface area contributed by atoms with Crippen LogP contribution in [0.1, 0.15) is 18.1 Å². The van der Waals surface area contributed by atoms with Gasteiger partial charge in [0.15, 0.2) is 0 Å². The minimum Gasteiger partial charge on any atom is -0.481 e. The zero-order chi connectivity index (χ0) is 14.9. The van der Waals surface area contributed by atoms with Crippen molar-refractivity contribution in [3.63, 3.8) is 0 Å². The summed E-state index contributed by atoms with van der Waals surface area (Å²) in [7, 11) is 1.55. The van der Waals surface area contributed by atoms with Crippen LogP contribution in [0.5, 0.6) is 0 Å². The summed E-state index contributed by atoms with van der Waals surface area (Å²) in [5, 5.41) is 28.4. The normalized spacial score (nSPS) is 14.2. The number of aliphatic carboxylic acids is 1. The van der Waals surface area contributed by atoms with Crippen LogP contribution in [0.4, 0.5) is 0 Å². The van der Waals surface area contributed by atoms with Crippen molar-refractivity contribution < 1.29 is 20.1 Å². The molecular formula is C13H14N2O5. The molecule has 1 aromatic carbocycles. The lowest BCUT2D eigenvalue weighted by Crippen LogP contribution is -2.22. The fourth-order valence-corrected chi connectivity index (χ4v) is 1.93. The van der Waals surface area contributed by atoms with Crippen molar-refractivity contribution in [3.8, 4) is 0 Å². The molecule has 0 bridgehead atoms. The van der Waals surface area contributed by atoms with Crippen LogP contribution < -0.4 is 5.56 Å². The van der Waals surface area contributed by atoms with E-state index in [0.717, 1.165) is 0 Å². The summed E-state index contributed by atoms with van der Waals surface area (Å²) in [5.41, 5.74) is 0.463. The van der Waals surface area contributed by atoms with Crippen LogP contribution in [-0.4, -0.2) is 36.9 Å². The molecule has 0 aliphatic heterocycles. The molecular weight excluding hydrogens is 264 g/mol. The zero-order valence-corrected chi connectivity index (χ0v) is 10.7. The van der Waals surface area contributed by atoms with Gasteiger partial charge in [0, 0.05) is 7.05 Å². The highest BCUT2D eigenvalue weighted by Crippen LogP contribution is 2.21. The molecule has 0 saturated heterocycles. The molecule has 7 nitrogen and oxygen atoms in total. The number of aliphatic hydroxyl groups excluding tert-OH is 2. The molecule has 0 spiro atoms. The fraction of sp³-hybridized carbons (Fsp3) is 0.308. The van der Waals surface area contributed by atoms with Crippen LogP contribution in [0.15, 0.2) is 29.3 Å². The van der Waals surface area contributed by atoms with Crippen molar-refractivity contribution in [2.75, 3.05) is 0 Å². The van der Waals surface area contributed by atoms with Crippen LogP contribution in [0.3, 0.4) is 0 Å². The number of fused-ring (bicyclic) bond motifs is 1. The molecule has 7 heteroatoms. The van der Waals surface area contributed by atoms with Gasteiger partial charge in [0.1, 0.15) is 6.10 Å². The van der Waals surface area contributed by atoms with E-state index >= 15 is 0 Å². The van der Waals surface area contributed by atoms with E-state index in [4.69, 9.17) is 5.11 Å². The van der Waals surface area contributed by atoms with Gasteiger partial charge < -0.3 is 19.9 Å². The second kappa shape index (κ2) is 5.40. The van der Waals surface area contributed by atoms with Gasteiger partial charge in [-0.15, -0.1) is 0 Å². The molecule has 2 atom stereocenters. The molecule has 2 aromatic rings. The Bertz CT molecular complexity index is 709. The van der Waals surface area contributed by atoms with Gasteiger partial charge in [-0.2, -0.15) is 0 Å². The van der Waals surface area contributed by atoms with Crippen molar-refractivity contribution >= 4 is 16.9 Å². The van der Waals surface area contributed by atoms with Gasteiger partial charge >= 0.3 is 5.97 Å². The van der Waals surface area contributed by atoms with Crippen molar-refractivity contribution in [3.05, 3.63) is 40.4 Å². The minimum atomic E-state index is -1.44. The summed E-state index contributed by atoms with van der Waals surface area (Å²) in [5.74, 6) is -1.21. The maximum Gasteiger partial charge on any atom is 0.306 e. The van der Waals surface area contributed by atoms with Gasteiger partial charge in [-0.25, -0.2) is 4.98 Å². The molecule has 1 heterocycles. The molecule has 2 unspecified atom stereocenters. The number of aliphatic hydroxyl groups is 2. The summed E-state index contributed by atoms with van der Waals surface area (Å²) in [6, 6.07) is 4.47. The molecule has 1 aromatic heterocycles. The Morgan fingerprint density at radius 1 is 1.40 bits per heavy atom. The summed E-state index contributed by atoms with van der Waals surface area (Å²) in [4.78, 5) is 26.5. The Labute approximate surface area is 113 Å². The van der Waals surface area contributed by atoms with E-state index in [-0.39, 0.29) is 11.1 Å². The van der Waals surface area contributed by atoms with Crippen LogP contribution in [0.25, 0.3) is 10.9 Å². The lowest BCUT2D eigenvalue weighted by atomic mass is 10.0. The van der Waals surface area contributed by atoms with Gasteiger partial charge in [-0.1, -0.05) is 6.07 Å². The Kier molecular flexibility index (Phi) is 3.82. The number of rotatable bonds is 4. The summed E-state index contributed by atoms with van der Waals surface area (Å²) >= 11 is 0. The predicted molar refractivity (Wildman–Crippen MR) is 70.2 cm³/mol. The monoisotopic (exact) mass is 278 g/mol. The van der Waals surface area contributed by atoms with Crippen molar-refractivity contribution in [2.45, 2.75) is 18.6 Å². The highest BCUT2D eigenvalue weighted by atomic mass is 16.4. The van der Waals surface area contributed by atoms with Gasteiger partial charge in [-0.3, -0.25) is 9.59 Å². The molecule has 2 rings (SSSR count). The Balaban J connectivity index is 2.43. The molecule has 0 amide bonds. The third-order valence-electron chi connectivity index (χ3n) is 3.03. The first-order valence-electron chi connectivity index (χ1n) is 5.93. The first-order valence-corrected chi connectivity index (χ1v) is 5.93. The van der Waals surface area contributed by atoms with E-state index in [0.29, 0.717) is 10.9 Å². The second-order valence-electron chi connectivity index (χ2n) is 4.55. The summed E-state index contributed by atoms with van der Waals surface area (Å²) < 4.78 is 1.30. The quantitative estimate of drug-likeness (QED) is 0.714. The van der Waals surface area contributed by atoms with Crippen LogP contribution >= 0.6 is 0 Å². The van der Waals surface area contributed by atoms with Crippen LogP contribution in [0.2, 0.25) is 0 Å². The molecule has 0 radical (unpaired) electrons. The lowest BCUT2D eigenvalue weighted by Gasteiger charge is -2.16. The number of hydrogen-bond donors (Lipinski definition) is 3. The first-order chi connectivity index (χ1) is 9.40. The van der Waals surface area contributed by atoms with Crippen molar-refractivity contribution in [1.29, 1.82) is 0 Å². The first kappa shape index (κ1) is 14.2. The maximum atomic E-state index is 11.9. The lowest BCUT2D eigenvalue weighted by molar-refractivity contribution is -0.141. The van der Waals surface area contributed by atoms with Gasteiger partial charge in [0.25, 0.3) is 5.56 Å². The number of carbonyl (C=O) groups is 1. The number of nitrogens with zero attached hydrogens (tertiary/aromatic N) is 2. The SMILES string of the molecule is Cn1cnc2ccc(C(O)C(O)CC(=O)O)cc2c1=O. The average Bonchev–Trinajstić information content (AvgIpc) is 2.41. The largest absolute Gasteiger partial charge is 0.481 e. The van der Waals surface area contributed by atoms with E-state index in [1.165, 1.54) is 23.0 Å². The van der Waals surface area contributed by atoms with Gasteiger partial charge in [0.2, 0.25) is 0 Å². The third kappa shape index (κ3) is 2.68. The van der Waals surface area contributed by atoms with Crippen LogP contribution in [-0.2, 0) is 11.8 Å². The minimum absolute atomic E-state index is 0.274. The van der Waals surface area contributed by atoms with E-state index in [9.17, 15) is 19.8 Å². The Hall–Kier alpha value is -2.25. The van der Waals surface area contributed by atoms with Gasteiger partial charge in [0.05, 0.1) is 29.8 Å². The number of aryl methyl sites for hydroxylation is 1. The van der Waals surface area contributed by atoms with Gasteiger partial charge in [-0.05, 0) is 17.7 Å². The van der Waals surface area contributed by atoms with Crippen molar-refractivity contribution in [1.82, 2.24) is 9.55 Å². The van der Waals surface area contributed by atoms with Crippen molar-refractivity contribution in [2.24, 2.45) is 7.05 Å². The third-order valence-corrected chi connectivity index (χ3v) is 3.03. The number of carboxylic acids is 1. The summed E-state index contributed by atoms with van der Waals surface area (Å²) in [6.45, 7) is 0. The smallest absolute Gasteiger partial charge is 0.306 e. The van der Waals surface area contributed by atoms with E-state index in [2.05, 4.69) is 4.98 Å². The Morgan fingerprint density at radius 3 is 2.75 bits per heavy atom. The van der Waals surface area contributed by atoms with E-state index < -0.39 is 24.6 Å². The molecule has 0 fully saturated rings. The molecule has 20 heavy (non-hydrogen) atoms. The number of benzene rings is 1.